The predicted octanol–water partition coefficient (Wildman–Crippen LogP) is 4.44. The van der Waals surface area contributed by atoms with Crippen LogP contribution in [-0.4, -0.2) is 23.8 Å². The van der Waals surface area contributed by atoms with Crippen LogP contribution in [0.4, 0.5) is 0 Å². The Morgan fingerprint density at radius 3 is 2.48 bits per heavy atom. The summed E-state index contributed by atoms with van der Waals surface area (Å²) in [5.74, 6) is 0.666. The average Bonchev–Trinajstić information content (AvgIpc) is 2.56. The fourth-order valence-corrected chi connectivity index (χ4v) is 3.80. The van der Waals surface area contributed by atoms with Gasteiger partial charge in [0, 0.05) is 18.0 Å². The van der Waals surface area contributed by atoms with Gasteiger partial charge in [-0.05, 0) is 50.4 Å². The lowest BCUT2D eigenvalue weighted by atomic mass is 9.83. The summed E-state index contributed by atoms with van der Waals surface area (Å²) in [5.41, 5.74) is 2.25. The molecule has 1 aromatic carbocycles. The van der Waals surface area contributed by atoms with Gasteiger partial charge in [-0.2, -0.15) is 0 Å². The monoisotopic (exact) mass is 285 g/mol. The van der Waals surface area contributed by atoms with Crippen molar-refractivity contribution < 1.29 is 4.79 Å². The van der Waals surface area contributed by atoms with Gasteiger partial charge in [0.15, 0.2) is 5.78 Å². The zero-order valence-electron chi connectivity index (χ0n) is 13.0. The van der Waals surface area contributed by atoms with E-state index in [4.69, 9.17) is 0 Å². The Morgan fingerprint density at radius 2 is 1.71 bits per heavy atom. The van der Waals surface area contributed by atoms with Gasteiger partial charge in [-0.3, -0.25) is 9.69 Å². The maximum absolute atomic E-state index is 12.6. The number of carbonyl (C=O) groups is 1. The van der Waals surface area contributed by atoms with Gasteiger partial charge >= 0.3 is 0 Å². The Labute approximate surface area is 128 Å². The van der Waals surface area contributed by atoms with Crippen LogP contribution in [-0.2, 0) is 6.54 Å². The molecule has 0 atom stereocenters. The Balaban J connectivity index is 1.65. The number of benzene rings is 1. The lowest BCUT2D eigenvalue weighted by Crippen LogP contribution is -2.29. The van der Waals surface area contributed by atoms with Crippen molar-refractivity contribution >= 4 is 5.78 Å². The smallest absolute Gasteiger partial charge is 0.165 e. The molecule has 1 saturated heterocycles. The summed E-state index contributed by atoms with van der Waals surface area (Å²) in [7, 11) is 0. The standard InChI is InChI=1S/C19H27NO/c21-19(17-9-3-1-4-10-17)18-11-7-8-16(14-18)15-20-12-5-2-6-13-20/h7-8,11,14,17H,1-6,9-10,12-13,15H2. The van der Waals surface area contributed by atoms with E-state index in [1.807, 2.05) is 6.07 Å². The molecule has 1 saturated carbocycles. The minimum atomic E-state index is 0.281. The summed E-state index contributed by atoms with van der Waals surface area (Å²) in [4.78, 5) is 15.2. The number of piperidine rings is 1. The van der Waals surface area contributed by atoms with E-state index in [2.05, 4.69) is 23.1 Å². The van der Waals surface area contributed by atoms with E-state index in [0.717, 1.165) is 24.9 Å². The van der Waals surface area contributed by atoms with Crippen LogP contribution in [0.1, 0.15) is 67.3 Å². The molecule has 2 aliphatic rings. The zero-order valence-corrected chi connectivity index (χ0v) is 13.0. The molecule has 0 radical (unpaired) electrons. The van der Waals surface area contributed by atoms with Gasteiger partial charge in [-0.25, -0.2) is 0 Å². The highest BCUT2D eigenvalue weighted by Gasteiger charge is 2.22. The van der Waals surface area contributed by atoms with E-state index in [9.17, 15) is 4.79 Å². The van der Waals surface area contributed by atoms with Crippen molar-refractivity contribution in [2.45, 2.75) is 57.9 Å². The van der Waals surface area contributed by atoms with E-state index in [0.29, 0.717) is 5.78 Å². The first-order valence-corrected chi connectivity index (χ1v) is 8.68. The average molecular weight is 285 g/mol. The zero-order chi connectivity index (χ0) is 14.5. The number of likely N-dealkylation sites (tertiary alicyclic amines) is 1. The molecular weight excluding hydrogens is 258 g/mol. The third-order valence-electron chi connectivity index (χ3n) is 5.04. The first-order valence-electron chi connectivity index (χ1n) is 8.68. The van der Waals surface area contributed by atoms with E-state index in [1.165, 1.54) is 57.2 Å². The van der Waals surface area contributed by atoms with Crippen molar-refractivity contribution in [2.24, 2.45) is 5.92 Å². The quantitative estimate of drug-likeness (QED) is 0.762. The lowest BCUT2D eigenvalue weighted by Gasteiger charge is -2.26. The fraction of sp³-hybridized carbons (Fsp3) is 0.632. The van der Waals surface area contributed by atoms with Gasteiger partial charge in [0.2, 0.25) is 0 Å². The van der Waals surface area contributed by atoms with Crippen LogP contribution in [0.5, 0.6) is 0 Å². The molecular formula is C19H27NO. The molecule has 0 unspecified atom stereocenters. The van der Waals surface area contributed by atoms with Crippen LogP contribution in [0.15, 0.2) is 24.3 Å². The van der Waals surface area contributed by atoms with Crippen molar-refractivity contribution in [3.63, 3.8) is 0 Å². The van der Waals surface area contributed by atoms with E-state index >= 15 is 0 Å². The Morgan fingerprint density at radius 1 is 1.00 bits per heavy atom. The molecule has 0 N–H and O–H groups in total. The van der Waals surface area contributed by atoms with Crippen LogP contribution in [0.2, 0.25) is 0 Å². The van der Waals surface area contributed by atoms with Crippen molar-refractivity contribution in [2.75, 3.05) is 13.1 Å². The van der Waals surface area contributed by atoms with Gasteiger partial charge < -0.3 is 0 Å². The molecule has 1 aromatic rings. The second-order valence-electron chi connectivity index (χ2n) is 6.74. The molecule has 2 fully saturated rings. The largest absolute Gasteiger partial charge is 0.299 e. The van der Waals surface area contributed by atoms with Gasteiger partial charge in [0.1, 0.15) is 0 Å². The molecule has 2 nitrogen and oxygen atoms in total. The third kappa shape index (κ3) is 3.94. The highest BCUT2D eigenvalue weighted by atomic mass is 16.1. The molecule has 21 heavy (non-hydrogen) atoms. The minimum absolute atomic E-state index is 0.281. The number of ketones is 1. The highest BCUT2D eigenvalue weighted by molar-refractivity contribution is 5.98. The van der Waals surface area contributed by atoms with E-state index in [-0.39, 0.29) is 5.92 Å². The Bertz CT molecular complexity index is 470. The van der Waals surface area contributed by atoms with Gasteiger partial charge in [-0.1, -0.05) is 43.9 Å². The number of nitrogens with zero attached hydrogens (tertiary/aromatic N) is 1. The first kappa shape index (κ1) is 14.8. The summed E-state index contributed by atoms with van der Waals surface area (Å²) < 4.78 is 0. The first-order chi connectivity index (χ1) is 10.3. The Hall–Kier alpha value is -1.15. The Kier molecular flexibility index (Phi) is 5.08. The van der Waals surface area contributed by atoms with Crippen molar-refractivity contribution in [1.82, 2.24) is 4.90 Å². The lowest BCUT2D eigenvalue weighted by molar-refractivity contribution is 0.0889. The van der Waals surface area contributed by atoms with E-state index in [1.54, 1.807) is 0 Å². The molecule has 1 aliphatic carbocycles. The highest BCUT2D eigenvalue weighted by Crippen LogP contribution is 2.27. The summed E-state index contributed by atoms with van der Waals surface area (Å²) in [6.45, 7) is 3.42. The summed E-state index contributed by atoms with van der Waals surface area (Å²) in [5, 5.41) is 0. The number of carbonyl (C=O) groups excluding carboxylic acids is 1. The molecule has 0 bridgehead atoms. The molecule has 0 aromatic heterocycles. The van der Waals surface area contributed by atoms with Gasteiger partial charge in [0.25, 0.3) is 0 Å². The van der Waals surface area contributed by atoms with Gasteiger partial charge in [-0.15, -0.1) is 0 Å². The summed E-state index contributed by atoms with van der Waals surface area (Å²) >= 11 is 0. The maximum Gasteiger partial charge on any atom is 0.165 e. The molecule has 0 amide bonds. The van der Waals surface area contributed by atoms with Gasteiger partial charge in [0.05, 0.1) is 0 Å². The minimum Gasteiger partial charge on any atom is -0.299 e. The van der Waals surface area contributed by atoms with Crippen molar-refractivity contribution in [3.8, 4) is 0 Å². The normalized spacial score (nSPS) is 21.3. The number of Topliss-reactive ketones (excluding diaryl/α,β-unsaturated/α-hetero) is 1. The third-order valence-corrected chi connectivity index (χ3v) is 5.04. The second-order valence-corrected chi connectivity index (χ2v) is 6.74. The number of hydrogen-bond donors (Lipinski definition) is 0. The van der Waals surface area contributed by atoms with Crippen LogP contribution < -0.4 is 0 Å². The second kappa shape index (κ2) is 7.22. The fourth-order valence-electron chi connectivity index (χ4n) is 3.80. The van der Waals surface area contributed by atoms with E-state index < -0.39 is 0 Å². The summed E-state index contributed by atoms with van der Waals surface area (Å²) in [6.07, 6.45) is 9.95. The molecule has 114 valence electrons. The number of rotatable bonds is 4. The van der Waals surface area contributed by atoms with Crippen LogP contribution >= 0.6 is 0 Å². The molecule has 3 rings (SSSR count). The van der Waals surface area contributed by atoms with Crippen LogP contribution in [0, 0.1) is 5.92 Å². The molecule has 1 aliphatic heterocycles. The maximum atomic E-state index is 12.6. The van der Waals surface area contributed by atoms with Crippen molar-refractivity contribution in [1.29, 1.82) is 0 Å². The molecule has 0 spiro atoms. The van der Waals surface area contributed by atoms with Crippen LogP contribution in [0.3, 0.4) is 0 Å². The number of hydrogen-bond acceptors (Lipinski definition) is 2. The van der Waals surface area contributed by atoms with Crippen LogP contribution in [0.25, 0.3) is 0 Å². The molecule has 1 heterocycles. The van der Waals surface area contributed by atoms with Crippen molar-refractivity contribution in [3.05, 3.63) is 35.4 Å². The molecule has 2 heteroatoms. The predicted molar refractivity (Wildman–Crippen MR) is 86.5 cm³/mol. The SMILES string of the molecule is O=C(c1cccc(CN2CCCCC2)c1)C1CCCCC1. The summed E-state index contributed by atoms with van der Waals surface area (Å²) in [6, 6.07) is 8.39. The topological polar surface area (TPSA) is 20.3 Å².